The van der Waals surface area contributed by atoms with Crippen molar-refractivity contribution in [2.75, 3.05) is 4.90 Å². The zero-order valence-corrected chi connectivity index (χ0v) is 34.9. The Morgan fingerprint density at radius 1 is 0.349 bits per heavy atom. The summed E-state index contributed by atoms with van der Waals surface area (Å²) in [4.78, 5) is 5.16. The average molecular weight is 820 g/mol. The molecule has 0 amide bonds. The van der Waals surface area contributed by atoms with Crippen LogP contribution in [0.4, 0.5) is 17.1 Å². The Hall–Kier alpha value is -7.59. The molecule has 0 radical (unpaired) electrons. The zero-order valence-electron chi connectivity index (χ0n) is 34.1. The smallest absolute Gasteiger partial charge is 0.132 e. The van der Waals surface area contributed by atoms with Gasteiger partial charge in [0.1, 0.15) is 11.5 Å². The van der Waals surface area contributed by atoms with Crippen LogP contribution in [0.2, 0.25) is 0 Å². The van der Waals surface area contributed by atoms with Crippen molar-refractivity contribution in [3.05, 3.63) is 269 Å². The van der Waals surface area contributed by atoms with Crippen LogP contribution in [0.25, 0.3) is 33.0 Å². The molecule has 0 atom stereocenters. The van der Waals surface area contributed by atoms with E-state index in [0.29, 0.717) is 0 Å². The highest BCUT2D eigenvalue weighted by molar-refractivity contribution is 7.99. The van der Waals surface area contributed by atoms with Crippen molar-refractivity contribution in [1.82, 2.24) is 0 Å². The number of rotatable bonds is 3. The van der Waals surface area contributed by atoms with Crippen molar-refractivity contribution >= 4 is 39.6 Å². The largest absolute Gasteiger partial charge is 0.457 e. The van der Waals surface area contributed by atoms with E-state index in [1.54, 1.807) is 0 Å². The quantitative estimate of drug-likeness (QED) is 0.176. The molecule has 10 aromatic carbocycles. The van der Waals surface area contributed by atoms with Gasteiger partial charge < -0.3 is 9.64 Å². The monoisotopic (exact) mass is 819 g/mol. The molecule has 2 aliphatic carbocycles. The van der Waals surface area contributed by atoms with Gasteiger partial charge in [-0.1, -0.05) is 188 Å². The molecule has 2 nitrogen and oxygen atoms in total. The molecule has 3 heteroatoms. The van der Waals surface area contributed by atoms with Crippen molar-refractivity contribution in [2.45, 2.75) is 20.6 Å². The van der Waals surface area contributed by atoms with Gasteiger partial charge in [0.15, 0.2) is 0 Å². The second kappa shape index (κ2) is 13.0. The fourth-order valence-electron chi connectivity index (χ4n) is 11.9. The molecule has 14 rings (SSSR count). The maximum Gasteiger partial charge on any atom is 0.132 e. The number of anilines is 3. The van der Waals surface area contributed by atoms with Gasteiger partial charge in [-0.25, -0.2) is 0 Å². The van der Waals surface area contributed by atoms with Gasteiger partial charge in [-0.05, 0) is 104 Å². The molecule has 2 heterocycles. The molecule has 0 aromatic heterocycles. The van der Waals surface area contributed by atoms with Gasteiger partial charge in [0.2, 0.25) is 0 Å². The lowest BCUT2D eigenvalue weighted by atomic mass is 9.66. The van der Waals surface area contributed by atoms with E-state index in [2.05, 4.69) is 229 Å². The van der Waals surface area contributed by atoms with E-state index in [-0.39, 0.29) is 0 Å². The van der Waals surface area contributed by atoms with E-state index in [9.17, 15) is 0 Å². The number of hydrogen-bond acceptors (Lipinski definition) is 3. The van der Waals surface area contributed by atoms with E-state index < -0.39 is 10.8 Å². The van der Waals surface area contributed by atoms with Crippen LogP contribution in [0.15, 0.2) is 234 Å². The molecular weight excluding hydrogens is 783 g/mol. The topological polar surface area (TPSA) is 12.5 Å². The number of nitrogens with zero attached hydrogens (tertiary/aromatic N) is 1. The number of fused-ring (bicyclic) bond motifs is 19. The van der Waals surface area contributed by atoms with Crippen LogP contribution >= 0.6 is 11.8 Å². The summed E-state index contributed by atoms with van der Waals surface area (Å²) in [6, 6.07) is 83.4. The predicted octanol–water partition coefficient (Wildman–Crippen LogP) is 15.6. The minimum Gasteiger partial charge on any atom is -0.457 e. The van der Waals surface area contributed by atoms with Gasteiger partial charge >= 0.3 is 0 Å². The first kappa shape index (κ1) is 35.1. The van der Waals surface area contributed by atoms with Gasteiger partial charge in [0.05, 0.1) is 22.2 Å². The molecule has 2 spiro atoms. The Morgan fingerprint density at radius 3 is 1.57 bits per heavy atom. The highest BCUT2D eigenvalue weighted by atomic mass is 32.2. The number of hydrogen-bond donors (Lipinski definition) is 0. The second-order valence-corrected chi connectivity index (χ2v) is 18.1. The lowest BCUT2D eigenvalue weighted by Crippen LogP contribution is -2.32. The van der Waals surface area contributed by atoms with Crippen LogP contribution in [-0.2, 0) is 10.8 Å². The fraction of sp³-hybridized carbons (Fsp3) is 0.0333. The van der Waals surface area contributed by atoms with E-state index >= 15 is 0 Å². The van der Waals surface area contributed by atoms with Crippen LogP contribution in [0.5, 0.6) is 11.5 Å². The van der Waals surface area contributed by atoms with Gasteiger partial charge in [0, 0.05) is 37.6 Å². The number of para-hydroxylation sites is 2. The van der Waals surface area contributed by atoms with E-state index in [4.69, 9.17) is 4.74 Å². The van der Waals surface area contributed by atoms with Crippen LogP contribution in [-0.4, -0.2) is 0 Å². The summed E-state index contributed by atoms with van der Waals surface area (Å²) in [6.07, 6.45) is 0. The number of benzene rings is 10. The molecule has 63 heavy (non-hydrogen) atoms. The third-order valence-corrected chi connectivity index (χ3v) is 15.3. The molecule has 2 aliphatic heterocycles. The van der Waals surface area contributed by atoms with Crippen LogP contribution in [0.1, 0.15) is 44.5 Å². The zero-order chi connectivity index (χ0) is 41.3. The summed E-state index contributed by atoms with van der Waals surface area (Å²) in [5, 5.41) is 2.40. The molecule has 0 saturated carbocycles. The standard InChI is InChI=1S/C60H37NOS/c1-2-19-40-38(17-1)18-15-29-52(40)61(39-35-36-42-41-20-3-5-22-44(41)59(51(42)37-39)46-24-7-11-31-54(46)62-55-32-12-8-25-47(55)59)53-30-16-28-50-58(53)43-21-4-6-23-45(43)60(50)48-26-9-13-33-56(48)63-57-34-14-10-27-49(57)60/h1-37H. The molecular formula is C60H37NOS. The first-order valence-corrected chi connectivity index (χ1v) is 22.6. The number of ether oxygens (including phenoxy) is 1. The minimum atomic E-state index is -0.597. The molecule has 0 saturated heterocycles. The van der Waals surface area contributed by atoms with Gasteiger partial charge in [-0.2, -0.15) is 0 Å². The first-order chi connectivity index (χ1) is 31.3. The average Bonchev–Trinajstić information content (AvgIpc) is 3.80. The SMILES string of the molecule is c1ccc2c(c1)Oc1ccccc1C21c2ccccc2-c2ccc(N(c3cccc4c3-c3ccccc3C43c4ccccc4Sc4ccccc43)c3cccc4ccccc34)cc21. The Labute approximate surface area is 370 Å². The molecule has 0 unspecified atom stereocenters. The maximum atomic E-state index is 6.74. The highest BCUT2D eigenvalue weighted by Crippen LogP contribution is 2.66. The Morgan fingerprint density at radius 2 is 0.841 bits per heavy atom. The summed E-state index contributed by atoms with van der Waals surface area (Å²) >= 11 is 1.89. The highest BCUT2D eigenvalue weighted by Gasteiger charge is 2.53. The Kier molecular flexibility index (Phi) is 7.21. The summed E-state index contributed by atoms with van der Waals surface area (Å²) in [7, 11) is 0. The van der Waals surface area contributed by atoms with Crippen molar-refractivity contribution in [3.63, 3.8) is 0 Å². The maximum absolute atomic E-state index is 6.74. The van der Waals surface area contributed by atoms with E-state index in [1.807, 2.05) is 11.8 Å². The lowest BCUT2D eigenvalue weighted by molar-refractivity contribution is 0.436. The predicted molar refractivity (Wildman–Crippen MR) is 257 cm³/mol. The Balaban J connectivity index is 1.10. The van der Waals surface area contributed by atoms with Crippen molar-refractivity contribution < 1.29 is 4.74 Å². The lowest BCUT2D eigenvalue weighted by Gasteiger charge is -2.40. The third-order valence-electron chi connectivity index (χ3n) is 14.2. The van der Waals surface area contributed by atoms with Crippen molar-refractivity contribution in [2.24, 2.45) is 0 Å². The summed E-state index contributed by atoms with van der Waals surface area (Å²) in [5.41, 5.74) is 17.5. The van der Waals surface area contributed by atoms with E-state index in [1.165, 1.54) is 76.2 Å². The summed E-state index contributed by atoms with van der Waals surface area (Å²) < 4.78 is 6.74. The summed E-state index contributed by atoms with van der Waals surface area (Å²) in [6.45, 7) is 0. The van der Waals surface area contributed by atoms with Crippen LogP contribution in [0.3, 0.4) is 0 Å². The second-order valence-electron chi connectivity index (χ2n) is 17.0. The molecule has 4 aliphatic rings. The Bertz CT molecular complexity index is 3470. The molecule has 294 valence electrons. The molecule has 0 bridgehead atoms. The van der Waals surface area contributed by atoms with Crippen molar-refractivity contribution in [3.8, 4) is 33.8 Å². The summed E-state index contributed by atoms with van der Waals surface area (Å²) in [5.74, 6) is 1.79. The van der Waals surface area contributed by atoms with Crippen LogP contribution < -0.4 is 9.64 Å². The van der Waals surface area contributed by atoms with Crippen molar-refractivity contribution in [1.29, 1.82) is 0 Å². The fourth-order valence-corrected chi connectivity index (χ4v) is 13.1. The molecule has 0 fully saturated rings. The third kappa shape index (κ3) is 4.49. The van der Waals surface area contributed by atoms with Crippen LogP contribution in [0, 0.1) is 0 Å². The molecule has 0 N–H and O–H groups in total. The molecule has 10 aromatic rings. The minimum absolute atomic E-state index is 0.496. The normalized spacial score (nSPS) is 14.7. The van der Waals surface area contributed by atoms with Gasteiger partial charge in [0.25, 0.3) is 0 Å². The first-order valence-electron chi connectivity index (χ1n) is 21.8. The van der Waals surface area contributed by atoms with Gasteiger partial charge in [-0.15, -0.1) is 0 Å². The van der Waals surface area contributed by atoms with E-state index in [0.717, 1.165) is 39.7 Å². The van der Waals surface area contributed by atoms with Gasteiger partial charge in [-0.3, -0.25) is 0 Å².